The van der Waals surface area contributed by atoms with Crippen molar-refractivity contribution in [2.24, 2.45) is 0 Å². The molecule has 0 fully saturated rings. The minimum absolute atomic E-state index is 0.153. The molecule has 7 heteroatoms. The van der Waals surface area contributed by atoms with Crippen LogP contribution in [0.3, 0.4) is 0 Å². The van der Waals surface area contributed by atoms with Gasteiger partial charge in [-0.15, -0.1) is 11.3 Å². The number of ether oxygens (including phenoxy) is 1. The first-order valence-electron chi connectivity index (χ1n) is 11.7. The molecule has 0 radical (unpaired) electrons. The van der Waals surface area contributed by atoms with Crippen LogP contribution in [0.15, 0.2) is 45.1 Å². The van der Waals surface area contributed by atoms with Gasteiger partial charge in [-0.2, -0.15) is 0 Å². The van der Waals surface area contributed by atoms with E-state index in [0.717, 1.165) is 24.1 Å². The van der Waals surface area contributed by atoms with E-state index in [1.807, 2.05) is 26.0 Å². The van der Waals surface area contributed by atoms with E-state index in [1.165, 1.54) is 18.1 Å². The number of Topliss-reactive ketones (excluding diaryl/α,β-unsaturated/α-hetero) is 1. The second kappa shape index (κ2) is 13.7. The first-order chi connectivity index (χ1) is 16.3. The fourth-order valence-electron chi connectivity index (χ4n) is 3.44. The van der Waals surface area contributed by atoms with E-state index >= 15 is 0 Å². The third kappa shape index (κ3) is 7.83. The molecule has 6 nitrogen and oxygen atoms in total. The molecule has 0 bridgehead atoms. The Hall–Kier alpha value is -2.93. The number of unbranched alkanes of at least 4 members (excludes halogenated alkanes) is 1. The average molecular weight is 487 g/mol. The minimum Gasteiger partial charge on any atom is -0.507 e. The van der Waals surface area contributed by atoms with Crippen LogP contribution in [-0.4, -0.2) is 24.0 Å². The van der Waals surface area contributed by atoms with E-state index in [-0.39, 0.29) is 29.6 Å². The molecular formula is C27H34O6S. The lowest BCUT2D eigenvalue weighted by Gasteiger charge is -2.11. The molecule has 2 aromatic rings. The van der Waals surface area contributed by atoms with Crippen LogP contribution in [-0.2, 0) is 16.0 Å². The van der Waals surface area contributed by atoms with Crippen LogP contribution in [0, 0.1) is 0 Å². The van der Waals surface area contributed by atoms with Crippen molar-refractivity contribution >= 4 is 29.2 Å². The maximum Gasteiger partial charge on any atom is 0.351 e. The van der Waals surface area contributed by atoms with Gasteiger partial charge in [0.05, 0.1) is 13.5 Å². The van der Waals surface area contributed by atoms with Gasteiger partial charge in [-0.25, -0.2) is 4.79 Å². The Morgan fingerprint density at radius 3 is 2.65 bits per heavy atom. The van der Waals surface area contributed by atoms with Gasteiger partial charge in [0.25, 0.3) is 0 Å². The maximum atomic E-state index is 13.1. The monoisotopic (exact) mass is 486 g/mol. The molecule has 184 valence electrons. The number of aromatic hydroxyl groups is 1. The van der Waals surface area contributed by atoms with Crippen molar-refractivity contribution < 1.29 is 23.8 Å². The predicted octanol–water partition coefficient (Wildman–Crippen LogP) is 6.43. The van der Waals surface area contributed by atoms with Gasteiger partial charge in [0.2, 0.25) is 0 Å². The van der Waals surface area contributed by atoms with Gasteiger partial charge < -0.3 is 14.3 Å². The molecule has 2 heterocycles. The number of carbonyl (C=O) groups excluding carboxylic acids is 2. The maximum absolute atomic E-state index is 13.1. The van der Waals surface area contributed by atoms with E-state index < -0.39 is 11.4 Å². The molecule has 0 aliphatic carbocycles. The van der Waals surface area contributed by atoms with Crippen molar-refractivity contribution in [3.05, 3.63) is 67.4 Å². The van der Waals surface area contributed by atoms with Crippen molar-refractivity contribution in [1.29, 1.82) is 0 Å². The zero-order chi connectivity index (χ0) is 25.1. The quantitative estimate of drug-likeness (QED) is 0.152. The molecule has 1 unspecified atom stereocenters. The fourth-order valence-corrected chi connectivity index (χ4v) is 4.46. The highest BCUT2D eigenvalue weighted by molar-refractivity contribution is 7.12. The molecule has 2 aromatic heterocycles. The normalized spacial score (nSPS) is 12.8. The number of hydrogen-bond acceptors (Lipinski definition) is 7. The third-order valence-corrected chi connectivity index (χ3v) is 6.65. The van der Waals surface area contributed by atoms with Crippen LogP contribution >= 0.6 is 11.3 Å². The Kier molecular flexibility index (Phi) is 11.0. The molecular weight excluding hydrogens is 452 g/mol. The summed E-state index contributed by atoms with van der Waals surface area (Å²) in [5, 5.41) is 10.5. The molecule has 0 saturated heterocycles. The van der Waals surface area contributed by atoms with Crippen molar-refractivity contribution in [2.45, 2.75) is 71.6 Å². The van der Waals surface area contributed by atoms with Crippen LogP contribution in [0.4, 0.5) is 0 Å². The lowest BCUT2D eigenvalue weighted by molar-refractivity contribution is -0.139. The molecule has 0 amide bonds. The SMILES string of the molecule is CCCCc1ccc(C=C(CC)C(=O)c2c(O)cc(C(C)CC/C=C/CC(=O)OC)oc2=O)s1. The lowest BCUT2D eigenvalue weighted by Crippen LogP contribution is -2.17. The Morgan fingerprint density at radius 2 is 2.00 bits per heavy atom. The number of carbonyl (C=O) groups is 2. The standard InChI is InChI=1S/C27H34O6S/c1-5-7-12-20-14-15-21(34-20)16-19(6-2)26(30)25-22(28)17-23(33-27(25)31)18(3)11-9-8-10-13-24(29)32-4/h8,10,14-18,28H,5-7,9,11-13H2,1-4H3/b10-8+,19-16?. The van der Waals surface area contributed by atoms with E-state index in [0.29, 0.717) is 30.6 Å². The molecule has 0 aliphatic heterocycles. The number of methoxy groups -OCH3 is 1. The zero-order valence-electron chi connectivity index (χ0n) is 20.4. The number of rotatable bonds is 13. The van der Waals surface area contributed by atoms with Crippen molar-refractivity contribution in [2.75, 3.05) is 7.11 Å². The highest BCUT2D eigenvalue weighted by Crippen LogP contribution is 2.28. The highest BCUT2D eigenvalue weighted by Gasteiger charge is 2.23. The number of thiophene rings is 1. The summed E-state index contributed by atoms with van der Waals surface area (Å²) >= 11 is 1.63. The van der Waals surface area contributed by atoms with Crippen LogP contribution in [0.2, 0.25) is 0 Å². The summed E-state index contributed by atoms with van der Waals surface area (Å²) in [5.41, 5.74) is -0.713. The second-order valence-electron chi connectivity index (χ2n) is 8.19. The van der Waals surface area contributed by atoms with Gasteiger partial charge in [0.1, 0.15) is 17.1 Å². The molecule has 1 N–H and O–H groups in total. The third-order valence-electron chi connectivity index (χ3n) is 5.56. The fraction of sp³-hybridized carbons (Fsp3) is 0.444. The Morgan fingerprint density at radius 1 is 1.24 bits per heavy atom. The number of esters is 1. The molecule has 34 heavy (non-hydrogen) atoms. The van der Waals surface area contributed by atoms with Gasteiger partial charge in [-0.3, -0.25) is 9.59 Å². The second-order valence-corrected chi connectivity index (χ2v) is 9.39. The number of ketones is 1. The van der Waals surface area contributed by atoms with Crippen LogP contribution in [0.5, 0.6) is 5.75 Å². The Bertz CT molecular complexity index is 1090. The van der Waals surface area contributed by atoms with Gasteiger partial charge >= 0.3 is 11.6 Å². The van der Waals surface area contributed by atoms with E-state index in [1.54, 1.807) is 23.5 Å². The van der Waals surface area contributed by atoms with Crippen LogP contribution in [0.1, 0.15) is 91.1 Å². The zero-order valence-corrected chi connectivity index (χ0v) is 21.2. The molecule has 0 saturated carbocycles. The molecule has 2 rings (SSSR count). The van der Waals surface area contributed by atoms with Crippen molar-refractivity contribution in [3.63, 3.8) is 0 Å². The van der Waals surface area contributed by atoms with Crippen molar-refractivity contribution in [1.82, 2.24) is 0 Å². The smallest absolute Gasteiger partial charge is 0.351 e. The highest BCUT2D eigenvalue weighted by atomic mass is 32.1. The first kappa shape index (κ1) is 27.3. The van der Waals surface area contributed by atoms with E-state index in [4.69, 9.17) is 4.42 Å². The molecule has 0 aromatic carbocycles. The van der Waals surface area contributed by atoms with E-state index in [2.05, 4.69) is 17.7 Å². The molecule has 0 aliphatic rings. The van der Waals surface area contributed by atoms with Gasteiger partial charge in [0.15, 0.2) is 5.78 Å². The first-order valence-corrected chi connectivity index (χ1v) is 12.5. The average Bonchev–Trinajstić information content (AvgIpc) is 3.27. The van der Waals surface area contributed by atoms with E-state index in [9.17, 15) is 19.5 Å². The summed E-state index contributed by atoms with van der Waals surface area (Å²) in [6, 6.07) is 5.40. The molecule has 1 atom stereocenters. The van der Waals surface area contributed by atoms with Gasteiger partial charge in [0, 0.05) is 27.3 Å². The summed E-state index contributed by atoms with van der Waals surface area (Å²) < 4.78 is 10.00. The Labute approximate surface area is 205 Å². The number of allylic oxidation sites excluding steroid dienone is 2. The minimum atomic E-state index is -0.831. The summed E-state index contributed by atoms with van der Waals surface area (Å²) in [4.78, 5) is 39.1. The summed E-state index contributed by atoms with van der Waals surface area (Å²) in [5.74, 6) is -1.02. The summed E-state index contributed by atoms with van der Waals surface area (Å²) in [6.45, 7) is 5.87. The summed E-state index contributed by atoms with van der Waals surface area (Å²) in [6.07, 6.45) is 10.6. The van der Waals surface area contributed by atoms with Gasteiger partial charge in [-0.1, -0.05) is 39.3 Å². The topological polar surface area (TPSA) is 93.8 Å². The van der Waals surface area contributed by atoms with Gasteiger partial charge in [-0.05, 0) is 50.3 Å². The predicted molar refractivity (Wildman–Crippen MR) is 136 cm³/mol. The Balaban J connectivity index is 2.14. The number of aryl methyl sites for hydroxylation is 1. The van der Waals surface area contributed by atoms with Crippen LogP contribution < -0.4 is 5.63 Å². The van der Waals surface area contributed by atoms with Crippen molar-refractivity contribution in [3.8, 4) is 5.75 Å². The number of hydrogen-bond donors (Lipinski definition) is 1. The molecule has 0 spiro atoms. The largest absolute Gasteiger partial charge is 0.507 e. The van der Waals surface area contributed by atoms with Crippen LogP contribution in [0.25, 0.3) is 6.08 Å². The summed E-state index contributed by atoms with van der Waals surface area (Å²) in [7, 11) is 1.34. The lowest BCUT2D eigenvalue weighted by atomic mass is 9.98.